The van der Waals surface area contributed by atoms with E-state index in [0.29, 0.717) is 17.0 Å². The number of rotatable bonds is 2. The summed E-state index contributed by atoms with van der Waals surface area (Å²) < 4.78 is 1.64. The first-order valence-corrected chi connectivity index (χ1v) is 4.96. The Hall–Kier alpha value is -1.71. The smallest absolute Gasteiger partial charge is 0.169 e. The van der Waals surface area contributed by atoms with Crippen molar-refractivity contribution in [3.8, 4) is 0 Å². The molecule has 0 amide bonds. The first-order chi connectivity index (χ1) is 7.09. The van der Waals surface area contributed by atoms with Gasteiger partial charge < -0.3 is 0 Å². The molecule has 0 fully saturated rings. The van der Waals surface area contributed by atoms with E-state index in [-0.39, 0.29) is 11.7 Å². The molecule has 4 heteroatoms. The minimum Gasteiger partial charge on any atom is -0.294 e. The molecule has 0 unspecified atom stereocenters. The second-order valence-corrected chi connectivity index (χ2v) is 3.87. The number of aryl methyl sites for hydroxylation is 1. The van der Waals surface area contributed by atoms with Crippen LogP contribution < -0.4 is 0 Å². The monoisotopic (exact) mass is 203 g/mol. The standard InChI is InChI=1S/C11H13N3O/c1-7(2)10(15)9-5-4-6-14-11(9)12-8(3)13-14/h4-7H,1-3H3. The van der Waals surface area contributed by atoms with Crippen molar-refractivity contribution in [3.63, 3.8) is 0 Å². The van der Waals surface area contributed by atoms with E-state index in [9.17, 15) is 4.79 Å². The van der Waals surface area contributed by atoms with E-state index in [1.807, 2.05) is 26.8 Å². The van der Waals surface area contributed by atoms with Crippen molar-refractivity contribution in [1.82, 2.24) is 14.6 Å². The van der Waals surface area contributed by atoms with E-state index in [4.69, 9.17) is 0 Å². The van der Waals surface area contributed by atoms with E-state index in [0.717, 1.165) is 0 Å². The number of nitrogens with zero attached hydrogens (tertiary/aromatic N) is 3. The molecule has 0 atom stereocenters. The fraction of sp³-hybridized carbons (Fsp3) is 0.364. The lowest BCUT2D eigenvalue weighted by Gasteiger charge is -2.04. The molecule has 4 nitrogen and oxygen atoms in total. The van der Waals surface area contributed by atoms with Crippen molar-refractivity contribution in [3.05, 3.63) is 29.7 Å². The van der Waals surface area contributed by atoms with Crippen LogP contribution >= 0.6 is 0 Å². The normalized spacial score (nSPS) is 11.2. The second-order valence-electron chi connectivity index (χ2n) is 3.87. The topological polar surface area (TPSA) is 47.3 Å². The SMILES string of the molecule is Cc1nc2c(C(=O)C(C)C)cccn2n1. The molecule has 2 rings (SSSR count). The Morgan fingerprint density at radius 3 is 2.87 bits per heavy atom. The van der Waals surface area contributed by atoms with Crippen LogP contribution in [0.15, 0.2) is 18.3 Å². The van der Waals surface area contributed by atoms with E-state index in [1.165, 1.54) is 0 Å². The lowest BCUT2D eigenvalue weighted by Crippen LogP contribution is -2.09. The van der Waals surface area contributed by atoms with Gasteiger partial charge in [0, 0.05) is 12.1 Å². The number of pyridine rings is 1. The van der Waals surface area contributed by atoms with Gasteiger partial charge in [-0.3, -0.25) is 4.79 Å². The zero-order valence-corrected chi connectivity index (χ0v) is 9.06. The Kier molecular flexibility index (Phi) is 2.26. The van der Waals surface area contributed by atoms with Crippen LogP contribution in [0.25, 0.3) is 5.65 Å². The van der Waals surface area contributed by atoms with Gasteiger partial charge >= 0.3 is 0 Å². The van der Waals surface area contributed by atoms with Crippen LogP contribution in [-0.4, -0.2) is 20.4 Å². The van der Waals surface area contributed by atoms with Crippen molar-refractivity contribution in [2.24, 2.45) is 5.92 Å². The minimum atomic E-state index is -0.0202. The fourth-order valence-corrected chi connectivity index (χ4v) is 1.52. The summed E-state index contributed by atoms with van der Waals surface area (Å²) in [6, 6.07) is 3.61. The molecule has 78 valence electrons. The number of fused-ring (bicyclic) bond motifs is 1. The zero-order valence-electron chi connectivity index (χ0n) is 9.06. The minimum absolute atomic E-state index is 0.0202. The van der Waals surface area contributed by atoms with Crippen LogP contribution in [0.4, 0.5) is 0 Å². The Morgan fingerprint density at radius 2 is 2.20 bits per heavy atom. The molecule has 2 aromatic heterocycles. The maximum absolute atomic E-state index is 11.9. The van der Waals surface area contributed by atoms with Crippen LogP contribution in [0.1, 0.15) is 30.0 Å². The van der Waals surface area contributed by atoms with Gasteiger partial charge in [0.1, 0.15) is 5.82 Å². The third kappa shape index (κ3) is 1.63. The van der Waals surface area contributed by atoms with Crippen LogP contribution in [-0.2, 0) is 0 Å². The van der Waals surface area contributed by atoms with Gasteiger partial charge in [0.25, 0.3) is 0 Å². The highest BCUT2D eigenvalue weighted by Crippen LogP contribution is 2.13. The van der Waals surface area contributed by atoms with Gasteiger partial charge in [0.2, 0.25) is 0 Å². The molecule has 2 aromatic rings. The highest BCUT2D eigenvalue weighted by atomic mass is 16.1. The first kappa shape index (κ1) is 9.83. The highest BCUT2D eigenvalue weighted by molar-refractivity contribution is 6.02. The molecule has 0 aromatic carbocycles. The average Bonchev–Trinajstić information content (AvgIpc) is 2.56. The molecule has 0 N–H and O–H groups in total. The number of ketones is 1. The van der Waals surface area contributed by atoms with Crippen molar-refractivity contribution in [2.45, 2.75) is 20.8 Å². The van der Waals surface area contributed by atoms with Gasteiger partial charge in [-0.2, -0.15) is 5.10 Å². The summed E-state index contributed by atoms with van der Waals surface area (Å²) in [6.45, 7) is 5.58. The number of Topliss-reactive ketones (excluding diaryl/α,β-unsaturated/α-hetero) is 1. The predicted octanol–water partition coefficient (Wildman–Crippen LogP) is 1.88. The summed E-state index contributed by atoms with van der Waals surface area (Å²) in [7, 11) is 0. The molecular formula is C11H13N3O. The van der Waals surface area contributed by atoms with Crippen LogP contribution in [0.3, 0.4) is 0 Å². The summed E-state index contributed by atoms with van der Waals surface area (Å²) in [5.74, 6) is 0.764. The number of carbonyl (C=O) groups is 1. The molecule has 0 aliphatic rings. The largest absolute Gasteiger partial charge is 0.294 e. The van der Waals surface area contributed by atoms with Crippen LogP contribution in [0, 0.1) is 12.8 Å². The highest BCUT2D eigenvalue weighted by Gasteiger charge is 2.15. The number of hydrogen-bond acceptors (Lipinski definition) is 3. The third-order valence-electron chi connectivity index (χ3n) is 2.26. The van der Waals surface area contributed by atoms with Crippen molar-refractivity contribution in [1.29, 1.82) is 0 Å². The van der Waals surface area contributed by atoms with Crippen LogP contribution in [0.2, 0.25) is 0 Å². The quantitative estimate of drug-likeness (QED) is 0.700. The van der Waals surface area contributed by atoms with Gasteiger partial charge in [0.15, 0.2) is 11.4 Å². The molecule has 15 heavy (non-hydrogen) atoms. The lowest BCUT2D eigenvalue weighted by atomic mass is 10.0. The molecule has 0 spiro atoms. The molecule has 0 saturated carbocycles. The van der Waals surface area contributed by atoms with Crippen molar-refractivity contribution in [2.75, 3.05) is 0 Å². The predicted molar refractivity (Wildman–Crippen MR) is 56.9 cm³/mol. The lowest BCUT2D eigenvalue weighted by molar-refractivity contribution is 0.0940. The first-order valence-electron chi connectivity index (χ1n) is 4.96. The maximum atomic E-state index is 11.9. The van der Waals surface area contributed by atoms with E-state index in [1.54, 1.807) is 16.8 Å². The summed E-state index contributed by atoms with van der Waals surface area (Å²) in [5, 5.41) is 4.17. The molecule has 2 heterocycles. The van der Waals surface area contributed by atoms with Crippen molar-refractivity contribution < 1.29 is 4.79 Å². The Labute approximate surface area is 87.9 Å². The molecule has 0 radical (unpaired) electrons. The van der Waals surface area contributed by atoms with Crippen molar-refractivity contribution >= 4 is 11.4 Å². The maximum Gasteiger partial charge on any atom is 0.169 e. The van der Waals surface area contributed by atoms with Gasteiger partial charge in [-0.05, 0) is 19.1 Å². The van der Waals surface area contributed by atoms with E-state index in [2.05, 4.69) is 10.1 Å². The van der Waals surface area contributed by atoms with Gasteiger partial charge in [-0.15, -0.1) is 0 Å². The number of aromatic nitrogens is 3. The van der Waals surface area contributed by atoms with Gasteiger partial charge in [-0.1, -0.05) is 13.8 Å². The summed E-state index contributed by atoms with van der Waals surface area (Å²) in [5.41, 5.74) is 1.29. The third-order valence-corrected chi connectivity index (χ3v) is 2.26. The number of hydrogen-bond donors (Lipinski definition) is 0. The molecular weight excluding hydrogens is 190 g/mol. The van der Waals surface area contributed by atoms with Gasteiger partial charge in [0.05, 0.1) is 5.56 Å². The van der Waals surface area contributed by atoms with Crippen LogP contribution in [0.5, 0.6) is 0 Å². The molecule has 0 bridgehead atoms. The zero-order chi connectivity index (χ0) is 11.0. The Bertz CT molecular complexity index is 514. The van der Waals surface area contributed by atoms with Gasteiger partial charge in [-0.25, -0.2) is 9.50 Å². The molecule has 0 aliphatic heterocycles. The van der Waals surface area contributed by atoms with E-state index < -0.39 is 0 Å². The summed E-state index contributed by atoms with van der Waals surface area (Å²) in [4.78, 5) is 16.1. The fourth-order valence-electron chi connectivity index (χ4n) is 1.52. The molecule has 0 saturated heterocycles. The molecule has 0 aliphatic carbocycles. The summed E-state index contributed by atoms with van der Waals surface area (Å²) >= 11 is 0. The van der Waals surface area contributed by atoms with E-state index >= 15 is 0 Å². The Morgan fingerprint density at radius 1 is 1.47 bits per heavy atom. The number of carbonyl (C=O) groups excluding carboxylic acids is 1. The summed E-state index contributed by atoms with van der Waals surface area (Å²) in [6.07, 6.45) is 1.80. The second kappa shape index (κ2) is 3.46. The average molecular weight is 203 g/mol. The Balaban J connectivity index is 2.65.